The average molecular weight is 339 g/mol. The molecule has 1 aliphatic rings. The maximum Gasteiger partial charge on any atom is 0.0936 e. The second-order valence-electron chi connectivity index (χ2n) is 4.24. The van der Waals surface area contributed by atoms with Crippen LogP contribution < -0.4 is 10.2 Å². The van der Waals surface area contributed by atoms with Crippen molar-refractivity contribution in [1.29, 1.82) is 0 Å². The molecule has 1 aliphatic heterocycles. The number of nitrogens with one attached hydrogen (secondary N) is 1. The number of anilines is 1. The maximum atomic E-state index is 4.59. The highest BCUT2D eigenvalue weighted by Crippen LogP contribution is 2.26. The Morgan fingerprint density at radius 1 is 1.24 bits per heavy atom. The minimum atomic E-state index is 1.06. The Balaban J connectivity index is 2.09. The predicted molar refractivity (Wildman–Crippen MR) is 79.5 cm³/mol. The lowest BCUT2D eigenvalue weighted by Crippen LogP contribution is -2.43. The first kappa shape index (κ1) is 11.2. The van der Waals surface area contributed by atoms with Crippen molar-refractivity contribution in [3.63, 3.8) is 0 Å². The number of rotatable bonds is 1. The van der Waals surface area contributed by atoms with Crippen molar-refractivity contribution < 1.29 is 0 Å². The molecule has 0 radical (unpaired) electrons. The van der Waals surface area contributed by atoms with E-state index in [-0.39, 0.29) is 0 Å². The zero-order valence-electron chi connectivity index (χ0n) is 9.49. The summed E-state index contributed by atoms with van der Waals surface area (Å²) >= 11 is 2.31. The molecule has 1 fully saturated rings. The van der Waals surface area contributed by atoms with Gasteiger partial charge in [-0.05, 0) is 34.7 Å². The smallest absolute Gasteiger partial charge is 0.0936 e. The van der Waals surface area contributed by atoms with Gasteiger partial charge in [-0.2, -0.15) is 0 Å². The first-order chi connectivity index (χ1) is 8.34. The van der Waals surface area contributed by atoms with E-state index in [9.17, 15) is 0 Å². The van der Waals surface area contributed by atoms with Crippen LogP contribution in [0.25, 0.3) is 10.9 Å². The molecule has 0 atom stereocenters. The lowest BCUT2D eigenvalue weighted by atomic mass is 10.1. The second-order valence-corrected chi connectivity index (χ2v) is 5.49. The summed E-state index contributed by atoms with van der Waals surface area (Å²) in [6.45, 7) is 4.24. The summed E-state index contributed by atoms with van der Waals surface area (Å²) in [4.78, 5) is 7.00. The van der Waals surface area contributed by atoms with Gasteiger partial charge in [-0.15, -0.1) is 0 Å². The number of pyridine rings is 1. The minimum Gasteiger partial charge on any atom is -0.367 e. The van der Waals surface area contributed by atoms with Crippen molar-refractivity contribution in [2.75, 3.05) is 31.1 Å². The normalized spacial score (nSPS) is 16.4. The van der Waals surface area contributed by atoms with E-state index in [0.717, 1.165) is 31.7 Å². The third kappa shape index (κ3) is 2.24. The fourth-order valence-corrected chi connectivity index (χ4v) is 2.75. The molecule has 0 unspecified atom stereocenters. The molecule has 1 saturated heterocycles. The van der Waals surface area contributed by atoms with E-state index < -0.39 is 0 Å². The first-order valence-corrected chi connectivity index (χ1v) is 6.92. The zero-order valence-corrected chi connectivity index (χ0v) is 11.6. The van der Waals surface area contributed by atoms with E-state index in [4.69, 9.17) is 0 Å². The molecule has 88 valence electrons. The van der Waals surface area contributed by atoms with E-state index in [1.807, 2.05) is 6.20 Å². The second kappa shape index (κ2) is 4.78. The summed E-state index contributed by atoms with van der Waals surface area (Å²) in [7, 11) is 0. The van der Waals surface area contributed by atoms with Crippen molar-refractivity contribution in [2.45, 2.75) is 0 Å². The number of fused-ring (bicyclic) bond motifs is 1. The standard InChI is InChI=1S/C13H14IN3/c14-11-8-10-2-1-3-12(13(10)16-9-11)17-6-4-15-5-7-17/h1-3,8-9,15H,4-7H2. The Kier molecular flexibility index (Phi) is 3.15. The molecule has 0 spiro atoms. The van der Waals surface area contributed by atoms with Crippen LogP contribution in [0.4, 0.5) is 5.69 Å². The molecule has 0 aliphatic carbocycles. The quantitative estimate of drug-likeness (QED) is 0.808. The van der Waals surface area contributed by atoms with Gasteiger partial charge in [0.25, 0.3) is 0 Å². The average Bonchev–Trinajstić information content (AvgIpc) is 2.39. The number of halogens is 1. The molecule has 0 bridgehead atoms. The molecule has 1 aromatic carbocycles. The lowest BCUT2D eigenvalue weighted by molar-refractivity contribution is 0.590. The van der Waals surface area contributed by atoms with Crippen LogP contribution in [0.1, 0.15) is 0 Å². The SMILES string of the molecule is Ic1cnc2c(N3CCNCC3)cccc2c1. The Morgan fingerprint density at radius 2 is 2.06 bits per heavy atom. The van der Waals surface area contributed by atoms with E-state index in [0.29, 0.717) is 0 Å². The van der Waals surface area contributed by atoms with Crippen LogP contribution >= 0.6 is 22.6 Å². The van der Waals surface area contributed by atoms with Gasteiger partial charge in [0, 0.05) is 41.3 Å². The maximum absolute atomic E-state index is 4.59. The highest BCUT2D eigenvalue weighted by atomic mass is 127. The lowest BCUT2D eigenvalue weighted by Gasteiger charge is -2.30. The minimum absolute atomic E-state index is 1.06. The third-order valence-electron chi connectivity index (χ3n) is 3.11. The van der Waals surface area contributed by atoms with Crippen molar-refractivity contribution in [1.82, 2.24) is 10.3 Å². The summed E-state index contributed by atoms with van der Waals surface area (Å²) in [5.41, 5.74) is 2.38. The third-order valence-corrected chi connectivity index (χ3v) is 3.70. The van der Waals surface area contributed by atoms with E-state index >= 15 is 0 Å². The fourth-order valence-electron chi connectivity index (χ4n) is 2.28. The van der Waals surface area contributed by atoms with Crippen LogP contribution in [0.15, 0.2) is 30.5 Å². The van der Waals surface area contributed by atoms with Crippen LogP contribution in [0.5, 0.6) is 0 Å². The molecule has 2 heterocycles. The Hall–Kier alpha value is -0.880. The molecule has 3 nitrogen and oxygen atoms in total. The van der Waals surface area contributed by atoms with Crippen LogP contribution in [-0.2, 0) is 0 Å². The van der Waals surface area contributed by atoms with E-state index in [2.05, 4.69) is 62.1 Å². The van der Waals surface area contributed by atoms with Crippen molar-refractivity contribution in [3.8, 4) is 0 Å². The van der Waals surface area contributed by atoms with Gasteiger partial charge in [0.2, 0.25) is 0 Å². The number of benzene rings is 1. The number of nitrogens with zero attached hydrogens (tertiary/aromatic N) is 2. The summed E-state index contributed by atoms with van der Waals surface area (Å²) in [5, 5.41) is 4.61. The summed E-state index contributed by atoms with van der Waals surface area (Å²) in [6.07, 6.45) is 1.94. The number of para-hydroxylation sites is 1. The van der Waals surface area contributed by atoms with Gasteiger partial charge < -0.3 is 10.2 Å². The number of hydrogen-bond acceptors (Lipinski definition) is 3. The molecule has 0 saturated carbocycles. The van der Waals surface area contributed by atoms with Crippen molar-refractivity contribution in [2.24, 2.45) is 0 Å². The molecule has 3 rings (SSSR count). The number of piperazine rings is 1. The Morgan fingerprint density at radius 3 is 2.88 bits per heavy atom. The van der Waals surface area contributed by atoms with E-state index in [1.165, 1.54) is 14.6 Å². The molecule has 2 aromatic rings. The topological polar surface area (TPSA) is 28.2 Å². The number of hydrogen-bond donors (Lipinski definition) is 1. The van der Waals surface area contributed by atoms with Crippen molar-refractivity contribution >= 4 is 39.2 Å². The van der Waals surface area contributed by atoms with Gasteiger partial charge >= 0.3 is 0 Å². The summed E-state index contributed by atoms with van der Waals surface area (Å²) in [5.74, 6) is 0. The highest BCUT2D eigenvalue weighted by molar-refractivity contribution is 14.1. The van der Waals surface area contributed by atoms with Gasteiger partial charge in [0.05, 0.1) is 11.2 Å². The van der Waals surface area contributed by atoms with E-state index in [1.54, 1.807) is 0 Å². The van der Waals surface area contributed by atoms with Gasteiger partial charge in [0.15, 0.2) is 0 Å². The molecular formula is C13H14IN3. The largest absolute Gasteiger partial charge is 0.367 e. The fraction of sp³-hybridized carbons (Fsp3) is 0.308. The molecule has 1 aromatic heterocycles. The van der Waals surface area contributed by atoms with Crippen LogP contribution in [-0.4, -0.2) is 31.2 Å². The van der Waals surface area contributed by atoms with Crippen LogP contribution in [0, 0.1) is 3.57 Å². The number of aromatic nitrogens is 1. The Bertz CT molecular complexity index is 535. The summed E-state index contributed by atoms with van der Waals surface area (Å²) in [6, 6.07) is 8.62. The molecule has 17 heavy (non-hydrogen) atoms. The highest BCUT2D eigenvalue weighted by Gasteiger charge is 2.13. The van der Waals surface area contributed by atoms with Gasteiger partial charge in [-0.1, -0.05) is 12.1 Å². The van der Waals surface area contributed by atoms with Crippen LogP contribution in [0.2, 0.25) is 0 Å². The molecule has 1 N–H and O–H groups in total. The van der Waals surface area contributed by atoms with Crippen LogP contribution in [0.3, 0.4) is 0 Å². The molecule has 0 amide bonds. The monoisotopic (exact) mass is 339 g/mol. The molecular weight excluding hydrogens is 325 g/mol. The summed E-state index contributed by atoms with van der Waals surface area (Å²) < 4.78 is 1.19. The predicted octanol–water partition coefficient (Wildman–Crippen LogP) is 2.25. The van der Waals surface area contributed by atoms with Gasteiger partial charge in [-0.3, -0.25) is 4.98 Å². The zero-order chi connectivity index (χ0) is 11.7. The van der Waals surface area contributed by atoms with Gasteiger partial charge in [-0.25, -0.2) is 0 Å². The van der Waals surface area contributed by atoms with Gasteiger partial charge in [0.1, 0.15) is 0 Å². The molecule has 4 heteroatoms. The Labute approximate surface area is 114 Å². The van der Waals surface area contributed by atoms with Crippen molar-refractivity contribution in [3.05, 3.63) is 34.0 Å². The first-order valence-electron chi connectivity index (χ1n) is 5.84.